The minimum Gasteiger partial charge on any atom is -0.398 e. The molecule has 0 atom stereocenters. The highest BCUT2D eigenvalue weighted by Crippen LogP contribution is 2.39. The molecule has 0 unspecified atom stereocenters. The zero-order valence-electron chi connectivity index (χ0n) is 13.8. The summed E-state index contributed by atoms with van der Waals surface area (Å²) in [5.41, 5.74) is -0.829. The lowest BCUT2D eigenvalue weighted by atomic mass is 9.87. The molecule has 1 aliphatic rings. The molecule has 2 heterocycles. The Morgan fingerprint density at radius 3 is 2.59 bits per heavy atom. The van der Waals surface area contributed by atoms with Crippen LogP contribution in [0.2, 0.25) is 0 Å². The molecule has 22 heavy (non-hydrogen) atoms. The van der Waals surface area contributed by atoms with Crippen LogP contribution in [0.3, 0.4) is 0 Å². The maximum absolute atomic E-state index is 14.4. The van der Waals surface area contributed by atoms with Gasteiger partial charge in [0.05, 0.1) is 17.4 Å². The molecule has 0 aromatic carbocycles. The molecule has 120 valence electrons. The summed E-state index contributed by atoms with van der Waals surface area (Å²) in [4.78, 5) is 0. The van der Waals surface area contributed by atoms with Gasteiger partial charge in [0.1, 0.15) is 5.73 Å². The second-order valence-corrected chi connectivity index (χ2v) is 6.59. The zero-order valence-corrected chi connectivity index (χ0v) is 13.8. The van der Waals surface area contributed by atoms with E-state index in [1.807, 2.05) is 40.0 Å². The van der Waals surface area contributed by atoms with Gasteiger partial charge in [0, 0.05) is 18.3 Å². The maximum Gasteiger partial charge on any atom is 0.525 e. The SMILES string of the molecule is C=CCCCn1cc(C=C(F)B2OC(C)(C)C(C)(C)O2)cn1. The highest BCUT2D eigenvalue weighted by Gasteiger charge is 2.53. The van der Waals surface area contributed by atoms with Crippen molar-refractivity contribution < 1.29 is 13.7 Å². The number of halogens is 1. The Hall–Kier alpha value is -1.40. The molecule has 0 spiro atoms. The Kier molecular flexibility index (Phi) is 4.92. The molecular formula is C16H24BFN2O2. The van der Waals surface area contributed by atoms with Gasteiger partial charge in [0.25, 0.3) is 0 Å². The third-order valence-electron chi connectivity index (χ3n) is 4.23. The Bertz CT molecular complexity index is 550. The molecule has 1 aromatic rings. The van der Waals surface area contributed by atoms with Crippen LogP contribution in [-0.4, -0.2) is 28.1 Å². The van der Waals surface area contributed by atoms with Gasteiger partial charge in [0.2, 0.25) is 0 Å². The molecule has 0 aliphatic carbocycles. The van der Waals surface area contributed by atoms with Crippen LogP contribution in [0.15, 0.2) is 30.8 Å². The molecule has 2 rings (SSSR count). The van der Waals surface area contributed by atoms with Gasteiger partial charge in [0.15, 0.2) is 0 Å². The molecule has 0 amide bonds. The molecule has 1 aromatic heterocycles. The van der Waals surface area contributed by atoms with Gasteiger partial charge in [-0.1, -0.05) is 6.08 Å². The van der Waals surface area contributed by atoms with Crippen molar-refractivity contribution in [1.82, 2.24) is 9.78 Å². The summed E-state index contributed by atoms with van der Waals surface area (Å²) >= 11 is 0. The van der Waals surface area contributed by atoms with E-state index in [0.717, 1.165) is 19.4 Å². The minimum atomic E-state index is -0.964. The first-order valence-corrected chi connectivity index (χ1v) is 7.61. The third kappa shape index (κ3) is 3.68. The third-order valence-corrected chi connectivity index (χ3v) is 4.23. The fraction of sp³-hybridized carbons (Fsp3) is 0.562. The molecule has 0 radical (unpaired) electrons. The van der Waals surface area contributed by atoms with Crippen LogP contribution in [0.1, 0.15) is 46.1 Å². The number of hydrogen-bond acceptors (Lipinski definition) is 3. The standard InChI is InChI=1S/C16H24BFN2O2/c1-6-7-8-9-20-12-13(11-19-20)10-14(18)17-21-15(2,3)16(4,5)22-17/h6,10-12H,1,7-9H2,2-5H3. The van der Waals surface area contributed by atoms with Crippen LogP contribution < -0.4 is 0 Å². The quantitative estimate of drug-likeness (QED) is 0.456. The topological polar surface area (TPSA) is 36.3 Å². The number of hydrogen-bond donors (Lipinski definition) is 0. The van der Waals surface area contributed by atoms with E-state index in [9.17, 15) is 4.39 Å². The van der Waals surface area contributed by atoms with Crippen LogP contribution in [0.4, 0.5) is 4.39 Å². The van der Waals surface area contributed by atoms with Gasteiger partial charge in [-0.25, -0.2) is 4.39 Å². The van der Waals surface area contributed by atoms with Gasteiger partial charge < -0.3 is 9.31 Å². The van der Waals surface area contributed by atoms with Crippen LogP contribution in [-0.2, 0) is 15.9 Å². The number of allylic oxidation sites excluding steroid dienone is 1. The van der Waals surface area contributed by atoms with E-state index in [0.29, 0.717) is 5.56 Å². The lowest BCUT2D eigenvalue weighted by molar-refractivity contribution is 0.00578. The molecular weight excluding hydrogens is 282 g/mol. The van der Waals surface area contributed by atoms with Crippen LogP contribution in [0.5, 0.6) is 0 Å². The maximum atomic E-state index is 14.4. The Labute approximate surface area is 132 Å². The van der Waals surface area contributed by atoms with E-state index in [2.05, 4.69) is 11.7 Å². The van der Waals surface area contributed by atoms with E-state index >= 15 is 0 Å². The Morgan fingerprint density at radius 1 is 1.36 bits per heavy atom. The van der Waals surface area contributed by atoms with Crippen molar-refractivity contribution in [2.45, 2.75) is 58.3 Å². The summed E-state index contributed by atoms with van der Waals surface area (Å²) in [6, 6.07) is 0. The largest absolute Gasteiger partial charge is 0.525 e. The average Bonchev–Trinajstić information content (AvgIpc) is 2.93. The predicted octanol–water partition coefficient (Wildman–Crippen LogP) is 3.79. The van der Waals surface area contributed by atoms with Crippen molar-refractivity contribution in [2.24, 2.45) is 0 Å². The minimum absolute atomic E-state index is 0.440. The molecule has 1 fully saturated rings. The lowest BCUT2D eigenvalue weighted by Gasteiger charge is -2.32. The van der Waals surface area contributed by atoms with Crippen LogP contribution in [0, 0.1) is 0 Å². The average molecular weight is 306 g/mol. The van der Waals surface area contributed by atoms with Gasteiger partial charge in [-0.15, -0.1) is 6.58 Å². The molecule has 4 nitrogen and oxygen atoms in total. The highest BCUT2D eigenvalue weighted by atomic mass is 19.1. The first-order chi connectivity index (χ1) is 10.2. The number of aromatic nitrogens is 2. The monoisotopic (exact) mass is 306 g/mol. The molecule has 6 heteroatoms. The Balaban J connectivity index is 2.02. The molecule has 1 saturated heterocycles. The predicted molar refractivity (Wildman–Crippen MR) is 86.8 cm³/mol. The van der Waals surface area contributed by atoms with Crippen molar-refractivity contribution in [3.8, 4) is 0 Å². The first-order valence-electron chi connectivity index (χ1n) is 7.61. The highest BCUT2D eigenvalue weighted by molar-refractivity contribution is 6.54. The number of unbranched alkanes of at least 4 members (excludes halogenated alkanes) is 1. The molecule has 1 aliphatic heterocycles. The normalized spacial score (nSPS) is 20.4. The van der Waals surface area contributed by atoms with Crippen molar-refractivity contribution >= 4 is 13.2 Å². The van der Waals surface area contributed by atoms with Crippen molar-refractivity contribution in [2.75, 3.05) is 0 Å². The van der Waals surface area contributed by atoms with E-state index < -0.39 is 24.0 Å². The van der Waals surface area contributed by atoms with E-state index in [1.165, 1.54) is 6.08 Å². The summed E-state index contributed by atoms with van der Waals surface area (Å²) in [7, 11) is -0.964. The fourth-order valence-electron chi connectivity index (χ4n) is 2.16. The second kappa shape index (κ2) is 6.38. The van der Waals surface area contributed by atoms with Crippen LogP contribution >= 0.6 is 0 Å². The van der Waals surface area contributed by atoms with Crippen molar-refractivity contribution in [3.63, 3.8) is 0 Å². The van der Waals surface area contributed by atoms with E-state index in [4.69, 9.17) is 9.31 Å². The van der Waals surface area contributed by atoms with Gasteiger partial charge in [-0.05, 0) is 46.6 Å². The summed E-state index contributed by atoms with van der Waals surface area (Å²) in [6.07, 6.45) is 8.65. The summed E-state index contributed by atoms with van der Waals surface area (Å²) in [6.45, 7) is 12.1. The smallest absolute Gasteiger partial charge is 0.398 e. The second-order valence-electron chi connectivity index (χ2n) is 6.59. The lowest BCUT2D eigenvalue weighted by Crippen LogP contribution is -2.41. The summed E-state index contributed by atoms with van der Waals surface area (Å²) < 4.78 is 27.5. The molecule has 0 N–H and O–H groups in total. The summed E-state index contributed by atoms with van der Waals surface area (Å²) in [5.74, 6) is 0. The number of nitrogens with zero attached hydrogens (tertiary/aromatic N) is 2. The van der Waals surface area contributed by atoms with Gasteiger partial charge in [-0.3, -0.25) is 4.68 Å². The molecule has 0 bridgehead atoms. The van der Waals surface area contributed by atoms with Gasteiger partial charge >= 0.3 is 7.12 Å². The zero-order chi connectivity index (χ0) is 16.4. The van der Waals surface area contributed by atoms with Crippen molar-refractivity contribution in [3.05, 3.63) is 36.3 Å². The number of rotatable bonds is 6. The number of aryl methyl sites for hydroxylation is 1. The van der Waals surface area contributed by atoms with E-state index in [-0.39, 0.29) is 0 Å². The fourth-order valence-corrected chi connectivity index (χ4v) is 2.16. The van der Waals surface area contributed by atoms with Crippen LogP contribution in [0.25, 0.3) is 6.08 Å². The molecule has 0 saturated carbocycles. The first kappa shape index (κ1) is 17.0. The summed E-state index contributed by atoms with van der Waals surface area (Å²) in [5, 5.41) is 4.21. The van der Waals surface area contributed by atoms with E-state index in [1.54, 1.807) is 10.9 Å². The van der Waals surface area contributed by atoms with Gasteiger partial charge in [-0.2, -0.15) is 5.10 Å². The Morgan fingerprint density at radius 2 is 2.00 bits per heavy atom. The van der Waals surface area contributed by atoms with Crippen molar-refractivity contribution in [1.29, 1.82) is 0 Å².